The Bertz CT molecular complexity index is 206. The molecule has 0 rings (SSSR count). The van der Waals surface area contributed by atoms with Crippen LogP contribution in [0.15, 0.2) is 0 Å². The molecule has 0 saturated carbocycles. The first kappa shape index (κ1) is 16.4. The highest BCUT2D eigenvalue weighted by Crippen LogP contribution is 2.18. The number of unbranched alkanes of at least 4 members (excludes halogenated alkanes) is 1. The number of hydrogen-bond acceptors (Lipinski definition) is 3. The first-order chi connectivity index (χ1) is 8.02. The van der Waals surface area contributed by atoms with Gasteiger partial charge in [-0.1, -0.05) is 27.2 Å². The molecule has 4 heteroatoms. The highest BCUT2D eigenvalue weighted by molar-refractivity contribution is 5.77. The number of ether oxygens (including phenoxy) is 1. The summed E-state index contributed by atoms with van der Waals surface area (Å²) in [6.07, 6.45) is 3.15. The summed E-state index contributed by atoms with van der Waals surface area (Å²) < 4.78 is 5.06. The summed E-state index contributed by atoms with van der Waals surface area (Å²) in [4.78, 5) is 11.4. The van der Waals surface area contributed by atoms with Crippen LogP contribution in [-0.2, 0) is 9.53 Å². The van der Waals surface area contributed by atoms with E-state index in [1.165, 1.54) is 0 Å². The van der Waals surface area contributed by atoms with Crippen LogP contribution in [0.25, 0.3) is 0 Å². The number of methoxy groups -OCH3 is 1. The van der Waals surface area contributed by atoms with Crippen LogP contribution in [-0.4, -0.2) is 39.3 Å². The maximum Gasteiger partial charge on any atom is 0.233 e. The molecule has 2 N–H and O–H groups in total. The van der Waals surface area contributed by atoms with Crippen molar-refractivity contribution < 1.29 is 9.53 Å². The molecule has 0 unspecified atom stereocenters. The van der Waals surface area contributed by atoms with Crippen molar-refractivity contribution >= 4 is 5.91 Å². The van der Waals surface area contributed by atoms with E-state index in [9.17, 15) is 4.79 Å². The van der Waals surface area contributed by atoms with Crippen molar-refractivity contribution in [1.29, 1.82) is 0 Å². The van der Waals surface area contributed by atoms with Crippen LogP contribution >= 0.6 is 0 Å². The third kappa shape index (κ3) is 10.3. The summed E-state index contributed by atoms with van der Waals surface area (Å²) in [5.41, 5.74) is 0.166. The van der Waals surface area contributed by atoms with Crippen molar-refractivity contribution in [3.63, 3.8) is 0 Å². The Morgan fingerprint density at radius 3 is 2.65 bits per heavy atom. The molecule has 4 nitrogen and oxygen atoms in total. The van der Waals surface area contributed by atoms with E-state index in [4.69, 9.17) is 4.74 Å². The lowest BCUT2D eigenvalue weighted by atomic mass is 9.90. The predicted molar refractivity (Wildman–Crippen MR) is 71.1 cm³/mol. The van der Waals surface area contributed by atoms with Gasteiger partial charge in [0, 0.05) is 26.8 Å². The van der Waals surface area contributed by atoms with Gasteiger partial charge in [0.1, 0.15) is 0 Å². The highest BCUT2D eigenvalue weighted by atomic mass is 16.5. The van der Waals surface area contributed by atoms with Crippen molar-refractivity contribution in [2.75, 3.05) is 33.4 Å². The highest BCUT2D eigenvalue weighted by Gasteiger charge is 2.17. The van der Waals surface area contributed by atoms with Gasteiger partial charge < -0.3 is 15.4 Å². The fourth-order valence-corrected chi connectivity index (χ4v) is 1.45. The van der Waals surface area contributed by atoms with Crippen LogP contribution in [0.4, 0.5) is 0 Å². The number of nitrogens with one attached hydrogen (secondary N) is 2. The minimum atomic E-state index is 0.0843. The minimum absolute atomic E-state index is 0.0843. The molecule has 17 heavy (non-hydrogen) atoms. The van der Waals surface area contributed by atoms with E-state index in [-0.39, 0.29) is 11.3 Å². The van der Waals surface area contributed by atoms with Crippen LogP contribution in [0.5, 0.6) is 0 Å². The SMILES string of the molecule is CCCCNC(=O)CNCC(C)(C)CCOC. The number of rotatable bonds is 10. The zero-order chi connectivity index (χ0) is 13.1. The molecular formula is C13H28N2O2. The zero-order valence-electron chi connectivity index (χ0n) is 11.8. The summed E-state index contributed by atoms with van der Waals surface area (Å²) >= 11 is 0. The Morgan fingerprint density at radius 1 is 1.35 bits per heavy atom. The summed E-state index contributed by atoms with van der Waals surface area (Å²) in [6, 6.07) is 0. The van der Waals surface area contributed by atoms with E-state index in [1.807, 2.05) is 0 Å². The second-order valence-electron chi connectivity index (χ2n) is 5.21. The molecule has 0 atom stereocenters. The molecule has 0 heterocycles. The molecule has 0 spiro atoms. The van der Waals surface area contributed by atoms with Crippen molar-refractivity contribution in [3.8, 4) is 0 Å². The monoisotopic (exact) mass is 244 g/mol. The van der Waals surface area contributed by atoms with Crippen molar-refractivity contribution in [3.05, 3.63) is 0 Å². The number of carbonyl (C=O) groups excluding carboxylic acids is 1. The Balaban J connectivity index is 3.57. The quantitative estimate of drug-likeness (QED) is 0.573. The summed E-state index contributed by atoms with van der Waals surface area (Å²) in [6.45, 7) is 9.24. The van der Waals surface area contributed by atoms with Gasteiger partial charge in [-0.15, -0.1) is 0 Å². The lowest BCUT2D eigenvalue weighted by Gasteiger charge is -2.24. The van der Waals surface area contributed by atoms with Crippen LogP contribution in [0.3, 0.4) is 0 Å². The molecule has 0 saturated heterocycles. The first-order valence-electron chi connectivity index (χ1n) is 6.48. The predicted octanol–water partition coefficient (Wildman–Crippen LogP) is 1.55. The maximum atomic E-state index is 11.4. The smallest absolute Gasteiger partial charge is 0.233 e. The molecule has 0 aromatic rings. The van der Waals surface area contributed by atoms with Crippen molar-refractivity contribution in [1.82, 2.24) is 10.6 Å². The largest absolute Gasteiger partial charge is 0.385 e. The summed E-state index contributed by atoms with van der Waals surface area (Å²) in [7, 11) is 1.71. The van der Waals surface area contributed by atoms with Crippen LogP contribution < -0.4 is 10.6 Å². The Morgan fingerprint density at radius 2 is 2.06 bits per heavy atom. The van der Waals surface area contributed by atoms with E-state index >= 15 is 0 Å². The Hall–Kier alpha value is -0.610. The van der Waals surface area contributed by atoms with Gasteiger partial charge >= 0.3 is 0 Å². The molecule has 102 valence electrons. The molecule has 0 radical (unpaired) electrons. The lowest BCUT2D eigenvalue weighted by molar-refractivity contribution is -0.120. The molecule has 1 amide bonds. The zero-order valence-corrected chi connectivity index (χ0v) is 11.8. The van der Waals surface area contributed by atoms with Crippen molar-refractivity contribution in [2.24, 2.45) is 5.41 Å². The average molecular weight is 244 g/mol. The topological polar surface area (TPSA) is 50.4 Å². The molecule has 0 aliphatic carbocycles. The van der Waals surface area contributed by atoms with Crippen LogP contribution in [0.1, 0.15) is 40.0 Å². The van der Waals surface area contributed by atoms with Gasteiger partial charge in [0.25, 0.3) is 0 Å². The number of carbonyl (C=O) groups is 1. The Kier molecular flexibility index (Phi) is 9.09. The van der Waals surface area contributed by atoms with Gasteiger partial charge in [-0.25, -0.2) is 0 Å². The molecule has 0 fully saturated rings. The molecule has 0 aromatic carbocycles. The van der Waals surface area contributed by atoms with Gasteiger partial charge in [0.2, 0.25) is 5.91 Å². The molecular weight excluding hydrogens is 216 g/mol. The Labute approximate surface area is 105 Å². The second-order valence-corrected chi connectivity index (χ2v) is 5.21. The van der Waals surface area contributed by atoms with E-state index < -0.39 is 0 Å². The molecule has 0 bridgehead atoms. The summed E-state index contributed by atoms with van der Waals surface area (Å²) in [5.74, 6) is 0.0843. The lowest BCUT2D eigenvalue weighted by Crippen LogP contribution is -2.38. The van der Waals surface area contributed by atoms with E-state index in [0.29, 0.717) is 6.54 Å². The van der Waals surface area contributed by atoms with E-state index in [2.05, 4.69) is 31.4 Å². The van der Waals surface area contributed by atoms with E-state index in [1.54, 1.807) is 7.11 Å². The van der Waals surface area contributed by atoms with Gasteiger partial charge in [-0.3, -0.25) is 4.79 Å². The van der Waals surface area contributed by atoms with Crippen molar-refractivity contribution in [2.45, 2.75) is 40.0 Å². The second kappa shape index (κ2) is 9.42. The molecule has 0 aliphatic heterocycles. The van der Waals surface area contributed by atoms with Crippen LogP contribution in [0, 0.1) is 5.41 Å². The number of amides is 1. The fourth-order valence-electron chi connectivity index (χ4n) is 1.45. The maximum absolute atomic E-state index is 11.4. The first-order valence-corrected chi connectivity index (χ1v) is 6.48. The molecule has 0 aromatic heterocycles. The third-order valence-corrected chi connectivity index (χ3v) is 2.72. The summed E-state index contributed by atoms with van der Waals surface area (Å²) in [5, 5.41) is 6.08. The van der Waals surface area contributed by atoms with E-state index in [0.717, 1.165) is 39.0 Å². The van der Waals surface area contributed by atoms with Gasteiger partial charge in [-0.05, 0) is 18.3 Å². The fraction of sp³-hybridized carbons (Fsp3) is 0.923. The normalized spacial score (nSPS) is 11.5. The van der Waals surface area contributed by atoms with Crippen LogP contribution in [0.2, 0.25) is 0 Å². The number of hydrogen-bond donors (Lipinski definition) is 2. The minimum Gasteiger partial charge on any atom is -0.385 e. The standard InChI is InChI=1S/C13H28N2O2/c1-5-6-8-15-12(16)10-14-11-13(2,3)7-9-17-4/h14H,5-11H2,1-4H3,(H,15,16). The average Bonchev–Trinajstić information content (AvgIpc) is 2.26. The van der Waals surface area contributed by atoms with Gasteiger partial charge in [0.15, 0.2) is 0 Å². The van der Waals surface area contributed by atoms with Gasteiger partial charge in [0.05, 0.1) is 6.54 Å². The molecule has 0 aliphatic rings. The van der Waals surface area contributed by atoms with Gasteiger partial charge in [-0.2, -0.15) is 0 Å². The third-order valence-electron chi connectivity index (χ3n) is 2.72.